The Morgan fingerprint density at radius 3 is 2.63 bits per heavy atom. The quantitative estimate of drug-likeness (QED) is 0.165. The minimum atomic E-state index is -0.610. The molecule has 0 radical (unpaired) electrons. The van der Waals surface area contributed by atoms with Crippen molar-refractivity contribution in [3.05, 3.63) is 0 Å². The number of nitrogens with two attached hydrogens (primary N) is 2. The predicted molar refractivity (Wildman–Crippen MR) is 102 cm³/mol. The van der Waals surface area contributed by atoms with Gasteiger partial charge in [-0.25, -0.2) is 0 Å². The number of carbonyl (C=O) groups is 3. The average molecular weight is 380 g/mol. The number of aldehydes is 1. The van der Waals surface area contributed by atoms with E-state index in [0.29, 0.717) is 38.6 Å². The van der Waals surface area contributed by atoms with Crippen LogP contribution in [-0.2, 0) is 14.4 Å². The number of nitrogens with one attached hydrogen (secondary N) is 3. The third kappa shape index (κ3) is 5.92. The highest BCUT2D eigenvalue weighted by atomic mass is 16.2. The number of nitrogens with zero attached hydrogens (tertiary/aromatic N) is 1. The Morgan fingerprint density at radius 2 is 1.96 bits per heavy atom. The van der Waals surface area contributed by atoms with E-state index in [4.69, 9.17) is 16.9 Å². The number of hydrogen-bond donors (Lipinski definition) is 5. The molecule has 2 amide bonds. The molecule has 0 spiro atoms. The van der Waals surface area contributed by atoms with E-state index in [-0.39, 0.29) is 29.7 Å². The van der Waals surface area contributed by atoms with Crippen molar-refractivity contribution >= 4 is 24.1 Å². The molecule has 1 heterocycles. The highest BCUT2D eigenvalue weighted by Gasteiger charge is 2.39. The van der Waals surface area contributed by atoms with Crippen molar-refractivity contribution in [3.63, 3.8) is 0 Å². The molecule has 7 N–H and O–H groups in total. The van der Waals surface area contributed by atoms with Gasteiger partial charge in [-0.15, -0.1) is 0 Å². The largest absolute Gasteiger partial charge is 0.370 e. The lowest BCUT2D eigenvalue weighted by atomic mass is 9.84. The van der Waals surface area contributed by atoms with Crippen LogP contribution in [-0.4, -0.2) is 60.2 Å². The van der Waals surface area contributed by atoms with Crippen LogP contribution in [0.5, 0.6) is 0 Å². The van der Waals surface area contributed by atoms with E-state index < -0.39 is 12.1 Å². The topological polar surface area (TPSA) is 154 Å². The summed E-state index contributed by atoms with van der Waals surface area (Å²) >= 11 is 0. The smallest absolute Gasteiger partial charge is 0.243 e. The Balaban J connectivity index is 1.88. The van der Waals surface area contributed by atoms with Gasteiger partial charge < -0.3 is 31.8 Å². The highest BCUT2D eigenvalue weighted by molar-refractivity contribution is 5.90. The fourth-order valence-corrected chi connectivity index (χ4v) is 3.98. The molecule has 4 atom stereocenters. The molecule has 0 aromatic heterocycles. The van der Waals surface area contributed by atoms with E-state index in [0.717, 1.165) is 32.1 Å². The van der Waals surface area contributed by atoms with E-state index >= 15 is 0 Å². The maximum atomic E-state index is 12.9. The van der Waals surface area contributed by atoms with Crippen LogP contribution < -0.4 is 22.1 Å². The van der Waals surface area contributed by atoms with Gasteiger partial charge in [0.15, 0.2) is 5.96 Å². The zero-order chi connectivity index (χ0) is 19.8. The van der Waals surface area contributed by atoms with Crippen LogP contribution in [0.2, 0.25) is 0 Å². The predicted octanol–water partition coefficient (Wildman–Crippen LogP) is -0.558. The summed E-state index contributed by atoms with van der Waals surface area (Å²) < 4.78 is 0. The van der Waals surface area contributed by atoms with Gasteiger partial charge in [0.25, 0.3) is 0 Å². The summed E-state index contributed by atoms with van der Waals surface area (Å²) in [4.78, 5) is 38.5. The molecule has 27 heavy (non-hydrogen) atoms. The lowest BCUT2D eigenvalue weighted by Gasteiger charge is -2.33. The van der Waals surface area contributed by atoms with Crippen LogP contribution in [0.1, 0.15) is 51.4 Å². The second-order valence-electron chi connectivity index (χ2n) is 7.48. The summed E-state index contributed by atoms with van der Waals surface area (Å²) in [6.07, 6.45) is 6.82. The van der Waals surface area contributed by atoms with Crippen molar-refractivity contribution in [2.24, 2.45) is 17.4 Å². The summed E-state index contributed by atoms with van der Waals surface area (Å²) in [7, 11) is 0. The molecule has 0 aromatic rings. The molecule has 1 aliphatic carbocycles. The lowest BCUT2D eigenvalue weighted by Crippen LogP contribution is -2.53. The molecule has 1 saturated carbocycles. The molecular formula is C18H32N6O3. The van der Waals surface area contributed by atoms with Crippen molar-refractivity contribution in [2.75, 3.05) is 13.1 Å². The SMILES string of the molecule is N=C(N)NCCC[C@@H](C=O)NC(=O)[C@@H]1CCCN1C(=O)C1CCCCC1N. The second-order valence-corrected chi connectivity index (χ2v) is 7.48. The van der Waals surface area contributed by atoms with Crippen molar-refractivity contribution in [2.45, 2.75) is 69.5 Å². The normalized spacial score (nSPS) is 26.3. The minimum Gasteiger partial charge on any atom is -0.370 e. The summed E-state index contributed by atoms with van der Waals surface area (Å²) in [5.41, 5.74) is 11.3. The Kier molecular flexibility index (Phi) is 8.02. The Bertz CT molecular complexity index is 555. The molecule has 2 unspecified atom stereocenters. The van der Waals surface area contributed by atoms with E-state index in [2.05, 4.69) is 10.6 Å². The van der Waals surface area contributed by atoms with Crippen LogP contribution in [0.3, 0.4) is 0 Å². The summed E-state index contributed by atoms with van der Waals surface area (Å²) in [5, 5.41) is 12.5. The van der Waals surface area contributed by atoms with Gasteiger partial charge in [-0.1, -0.05) is 12.8 Å². The number of amides is 2. The van der Waals surface area contributed by atoms with Crippen LogP contribution in [0.25, 0.3) is 0 Å². The zero-order valence-electron chi connectivity index (χ0n) is 15.8. The highest BCUT2D eigenvalue weighted by Crippen LogP contribution is 2.28. The first-order valence-electron chi connectivity index (χ1n) is 9.83. The van der Waals surface area contributed by atoms with E-state index in [9.17, 15) is 14.4 Å². The first-order chi connectivity index (χ1) is 12.9. The molecule has 1 aliphatic heterocycles. The Hall–Kier alpha value is -2.16. The van der Waals surface area contributed by atoms with Gasteiger partial charge >= 0.3 is 0 Å². The summed E-state index contributed by atoms with van der Waals surface area (Å²) in [6, 6.07) is -1.27. The molecule has 2 rings (SSSR count). The van der Waals surface area contributed by atoms with Crippen molar-refractivity contribution in [3.8, 4) is 0 Å². The van der Waals surface area contributed by atoms with Crippen molar-refractivity contribution in [1.29, 1.82) is 5.41 Å². The molecule has 1 saturated heterocycles. The zero-order valence-corrected chi connectivity index (χ0v) is 15.8. The average Bonchev–Trinajstić information content (AvgIpc) is 3.13. The Morgan fingerprint density at radius 1 is 1.22 bits per heavy atom. The fraction of sp³-hybridized carbons (Fsp3) is 0.778. The Labute approximate surface area is 160 Å². The molecule has 152 valence electrons. The second kappa shape index (κ2) is 10.2. The maximum Gasteiger partial charge on any atom is 0.243 e. The summed E-state index contributed by atoms with van der Waals surface area (Å²) in [6.45, 7) is 1.03. The molecule has 0 aromatic carbocycles. The van der Waals surface area contributed by atoms with Gasteiger partial charge in [0, 0.05) is 19.1 Å². The van der Waals surface area contributed by atoms with Crippen LogP contribution in [0.15, 0.2) is 0 Å². The van der Waals surface area contributed by atoms with Gasteiger partial charge in [-0.3, -0.25) is 15.0 Å². The molecule has 0 bridgehead atoms. The molecule has 9 heteroatoms. The van der Waals surface area contributed by atoms with E-state index in [1.807, 2.05) is 0 Å². The monoisotopic (exact) mass is 380 g/mol. The van der Waals surface area contributed by atoms with Gasteiger partial charge in [-0.2, -0.15) is 0 Å². The van der Waals surface area contributed by atoms with Crippen LogP contribution >= 0.6 is 0 Å². The standard InChI is InChI=1S/C18H32N6O3/c19-14-7-2-1-6-13(14)17(27)24-10-4-8-15(24)16(26)23-12(11-25)5-3-9-22-18(20)21/h11-15H,1-10,19H2,(H,23,26)(H4,20,21,22)/t12-,13?,14?,15-/m0/s1. The first kappa shape index (κ1) is 21.1. The minimum absolute atomic E-state index is 0.0202. The number of guanidine groups is 1. The number of hydrogen-bond acceptors (Lipinski definition) is 5. The number of likely N-dealkylation sites (tertiary alicyclic amines) is 1. The molecule has 2 aliphatic rings. The number of carbonyl (C=O) groups excluding carboxylic acids is 3. The van der Waals surface area contributed by atoms with Gasteiger partial charge in [0.1, 0.15) is 12.3 Å². The van der Waals surface area contributed by atoms with Crippen molar-refractivity contribution in [1.82, 2.24) is 15.5 Å². The van der Waals surface area contributed by atoms with Crippen LogP contribution in [0.4, 0.5) is 0 Å². The molecule has 9 nitrogen and oxygen atoms in total. The third-order valence-corrected chi connectivity index (χ3v) is 5.47. The van der Waals surface area contributed by atoms with Crippen molar-refractivity contribution < 1.29 is 14.4 Å². The van der Waals surface area contributed by atoms with E-state index in [1.54, 1.807) is 4.90 Å². The van der Waals surface area contributed by atoms with Crippen LogP contribution in [0, 0.1) is 11.3 Å². The first-order valence-corrected chi connectivity index (χ1v) is 9.83. The van der Waals surface area contributed by atoms with Gasteiger partial charge in [0.2, 0.25) is 11.8 Å². The van der Waals surface area contributed by atoms with E-state index in [1.165, 1.54) is 0 Å². The number of rotatable bonds is 8. The lowest BCUT2D eigenvalue weighted by molar-refractivity contribution is -0.143. The maximum absolute atomic E-state index is 12.9. The molecule has 2 fully saturated rings. The van der Waals surface area contributed by atoms with Gasteiger partial charge in [-0.05, 0) is 38.5 Å². The van der Waals surface area contributed by atoms with Gasteiger partial charge in [0.05, 0.1) is 12.0 Å². The third-order valence-electron chi connectivity index (χ3n) is 5.47. The fourth-order valence-electron chi connectivity index (χ4n) is 3.98. The molecular weight excluding hydrogens is 348 g/mol. The summed E-state index contributed by atoms with van der Waals surface area (Å²) in [5.74, 6) is -0.621.